The summed E-state index contributed by atoms with van der Waals surface area (Å²) in [5.41, 5.74) is 0.858. The summed E-state index contributed by atoms with van der Waals surface area (Å²) >= 11 is 1.71. The second-order valence-electron chi connectivity index (χ2n) is 2.78. The molecule has 0 amide bonds. The summed E-state index contributed by atoms with van der Waals surface area (Å²) in [7, 11) is 0. The summed E-state index contributed by atoms with van der Waals surface area (Å²) in [5.74, 6) is 0. The molecule has 2 aromatic rings. The van der Waals surface area contributed by atoms with Gasteiger partial charge in [-0.05, 0) is 11.4 Å². The normalized spacial score (nSPS) is 10.5. The van der Waals surface area contributed by atoms with Crippen molar-refractivity contribution in [2.24, 2.45) is 0 Å². The van der Waals surface area contributed by atoms with E-state index in [9.17, 15) is 0 Å². The standard InChI is InChI=1S/C9H10N2OS/c12-7-8-4-10-11(5-8)6-9-2-1-3-13-9/h1-5,12H,6-7H2. The maximum atomic E-state index is 8.83. The topological polar surface area (TPSA) is 38.1 Å². The number of rotatable bonds is 3. The predicted octanol–water partition coefficient (Wildman–Crippen LogP) is 1.49. The Balaban J connectivity index is 2.10. The fourth-order valence-electron chi connectivity index (χ4n) is 1.14. The van der Waals surface area contributed by atoms with Crippen LogP contribution in [0, 0.1) is 0 Å². The maximum absolute atomic E-state index is 8.83. The molecule has 0 aromatic carbocycles. The van der Waals surface area contributed by atoms with Crippen LogP contribution < -0.4 is 0 Å². The molecule has 4 heteroatoms. The molecule has 0 bridgehead atoms. The quantitative estimate of drug-likeness (QED) is 0.803. The molecular formula is C9H10N2OS. The number of aromatic nitrogens is 2. The summed E-state index contributed by atoms with van der Waals surface area (Å²) in [6.07, 6.45) is 3.55. The van der Waals surface area contributed by atoms with Crippen LogP contribution in [0.1, 0.15) is 10.4 Å². The number of hydrogen-bond donors (Lipinski definition) is 1. The van der Waals surface area contributed by atoms with Crippen molar-refractivity contribution < 1.29 is 5.11 Å². The summed E-state index contributed by atoms with van der Waals surface area (Å²) in [5, 5.41) is 15.0. The van der Waals surface area contributed by atoms with Crippen molar-refractivity contribution >= 4 is 11.3 Å². The van der Waals surface area contributed by atoms with Gasteiger partial charge in [0.05, 0.1) is 19.3 Å². The third kappa shape index (κ3) is 1.96. The summed E-state index contributed by atoms with van der Waals surface area (Å²) in [4.78, 5) is 1.27. The minimum absolute atomic E-state index is 0.0600. The van der Waals surface area contributed by atoms with Crippen LogP contribution in [0.5, 0.6) is 0 Å². The minimum Gasteiger partial charge on any atom is -0.392 e. The number of hydrogen-bond acceptors (Lipinski definition) is 3. The van der Waals surface area contributed by atoms with Crippen molar-refractivity contribution in [1.29, 1.82) is 0 Å². The number of nitrogens with zero attached hydrogens (tertiary/aromatic N) is 2. The minimum atomic E-state index is 0.0600. The fourth-order valence-corrected chi connectivity index (χ4v) is 1.83. The van der Waals surface area contributed by atoms with Gasteiger partial charge < -0.3 is 5.11 Å². The zero-order chi connectivity index (χ0) is 9.10. The van der Waals surface area contributed by atoms with Crippen LogP contribution in [0.3, 0.4) is 0 Å². The average molecular weight is 194 g/mol. The smallest absolute Gasteiger partial charge is 0.0752 e. The van der Waals surface area contributed by atoms with Crippen molar-refractivity contribution in [1.82, 2.24) is 9.78 Å². The van der Waals surface area contributed by atoms with Gasteiger partial charge in [0.25, 0.3) is 0 Å². The largest absolute Gasteiger partial charge is 0.392 e. The molecule has 0 aliphatic heterocycles. The Labute approximate surface area is 80.3 Å². The lowest BCUT2D eigenvalue weighted by Crippen LogP contribution is -1.97. The molecule has 2 heterocycles. The molecule has 0 atom stereocenters. The molecule has 0 fully saturated rings. The van der Waals surface area contributed by atoms with E-state index < -0.39 is 0 Å². The Bertz CT molecular complexity index is 367. The van der Waals surface area contributed by atoms with Gasteiger partial charge in [-0.15, -0.1) is 11.3 Å². The number of aliphatic hydroxyl groups is 1. The molecule has 13 heavy (non-hydrogen) atoms. The monoisotopic (exact) mass is 194 g/mol. The van der Waals surface area contributed by atoms with Gasteiger partial charge in [0, 0.05) is 16.6 Å². The highest BCUT2D eigenvalue weighted by Crippen LogP contribution is 2.10. The number of aliphatic hydroxyl groups excluding tert-OH is 1. The Morgan fingerprint density at radius 3 is 3.08 bits per heavy atom. The number of thiophene rings is 1. The van der Waals surface area contributed by atoms with Crippen molar-refractivity contribution in [3.8, 4) is 0 Å². The first-order valence-electron chi connectivity index (χ1n) is 4.03. The van der Waals surface area contributed by atoms with Crippen LogP contribution in [0.15, 0.2) is 29.9 Å². The highest BCUT2D eigenvalue weighted by Gasteiger charge is 1.98. The molecule has 0 aliphatic carbocycles. The molecule has 0 aliphatic rings. The second-order valence-corrected chi connectivity index (χ2v) is 3.82. The first-order valence-corrected chi connectivity index (χ1v) is 4.91. The highest BCUT2D eigenvalue weighted by atomic mass is 32.1. The molecule has 1 N–H and O–H groups in total. The molecule has 0 saturated heterocycles. The lowest BCUT2D eigenvalue weighted by molar-refractivity contribution is 0.281. The van der Waals surface area contributed by atoms with Gasteiger partial charge in [-0.2, -0.15) is 5.10 Å². The van der Waals surface area contributed by atoms with E-state index in [0.717, 1.165) is 12.1 Å². The molecule has 2 rings (SSSR count). The van der Waals surface area contributed by atoms with E-state index in [1.165, 1.54) is 4.88 Å². The predicted molar refractivity (Wildman–Crippen MR) is 51.6 cm³/mol. The fraction of sp³-hybridized carbons (Fsp3) is 0.222. The van der Waals surface area contributed by atoms with Gasteiger partial charge in [0.15, 0.2) is 0 Å². The van der Waals surface area contributed by atoms with E-state index in [2.05, 4.69) is 11.2 Å². The lowest BCUT2D eigenvalue weighted by Gasteiger charge is -1.96. The van der Waals surface area contributed by atoms with Crippen LogP contribution in [-0.4, -0.2) is 14.9 Å². The van der Waals surface area contributed by atoms with E-state index in [4.69, 9.17) is 5.11 Å². The van der Waals surface area contributed by atoms with Gasteiger partial charge in [-0.3, -0.25) is 4.68 Å². The summed E-state index contributed by atoms with van der Waals surface area (Å²) in [6.45, 7) is 0.849. The zero-order valence-corrected chi connectivity index (χ0v) is 7.87. The molecule has 0 saturated carbocycles. The maximum Gasteiger partial charge on any atom is 0.0752 e. The molecule has 0 radical (unpaired) electrons. The molecule has 2 aromatic heterocycles. The Hall–Kier alpha value is -1.13. The van der Waals surface area contributed by atoms with Crippen molar-refractivity contribution in [2.75, 3.05) is 0 Å². The first kappa shape index (κ1) is 8.47. The van der Waals surface area contributed by atoms with Crippen LogP contribution in [0.25, 0.3) is 0 Å². The van der Waals surface area contributed by atoms with Crippen LogP contribution in [-0.2, 0) is 13.2 Å². The molecule has 0 spiro atoms. The van der Waals surface area contributed by atoms with Crippen molar-refractivity contribution in [2.45, 2.75) is 13.2 Å². The van der Waals surface area contributed by atoms with Crippen LogP contribution in [0.4, 0.5) is 0 Å². The van der Waals surface area contributed by atoms with Crippen molar-refractivity contribution in [3.63, 3.8) is 0 Å². The van der Waals surface area contributed by atoms with Gasteiger partial charge in [0.2, 0.25) is 0 Å². The average Bonchev–Trinajstić information content (AvgIpc) is 2.76. The van der Waals surface area contributed by atoms with E-state index in [1.807, 2.05) is 22.3 Å². The van der Waals surface area contributed by atoms with E-state index in [-0.39, 0.29) is 6.61 Å². The van der Waals surface area contributed by atoms with E-state index in [1.54, 1.807) is 17.5 Å². The first-order chi connectivity index (χ1) is 6.38. The summed E-state index contributed by atoms with van der Waals surface area (Å²) < 4.78 is 1.83. The van der Waals surface area contributed by atoms with Gasteiger partial charge >= 0.3 is 0 Å². The second kappa shape index (κ2) is 3.72. The third-order valence-corrected chi connectivity index (χ3v) is 2.63. The third-order valence-electron chi connectivity index (χ3n) is 1.77. The van der Waals surface area contributed by atoms with E-state index in [0.29, 0.717) is 0 Å². The zero-order valence-electron chi connectivity index (χ0n) is 7.05. The van der Waals surface area contributed by atoms with Gasteiger partial charge in [-0.25, -0.2) is 0 Å². The van der Waals surface area contributed by atoms with E-state index >= 15 is 0 Å². The summed E-state index contributed by atoms with van der Waals surface area (Å²) in [6, 6.07) is 4.10. The molecule has 3 nitrogen and oxygen atoms in total. The van der Waals surface area contributed by atoms with Crippen LogP contribution >= 0.6 is 11.3 Å². The Kier molecular flexibility index (Phi) is 2.42. The van der Waals surface area contributed by atoms with Gasteiger partial charge in [-0.1, -0.05) is 6.07 Å². The molecule has 0 unspecified atom stereocenters. The SMILES string of the molecule is OCc1cnn(Cc2cccs2)c1. The van der Waals surface area contributed by atoms with Crippen molar-refractivity contribution in [3.05, 3.63) is 40.3 Å². The van der Waals surface area contributed by atoms with Crippen LogP contribution in [0.2, 0.25) is 0 Å². The lowest BCUT2D eigenvalue weighted by atomic mass is 10.4. The molecule has 68 valence electrons. The molecular weight excluding hydrogens is 184 g/mol. The Morgan fingerprint density at radius 1 is 1.54 bits per heavy atom. The highest BCUT2D eigenvalue weighted by molar-refractivity contribution is 7.09. The van der Waals surface area contributed by atoms with Gasteiger partial charge in [0.1, 0.15) is 0 Å². The Morgan fingerprint density at radius 2 is 2.46 bits per heavy atom.